The van der Waals surface area contributed by atoms with Crippen LogP contribution in [0.2, 0.25) is 0 Å². The van der Waals surface area contributed by atoms with E-state index in [1.807, 2.05) is 13.8 Å². The average Bonchev–Trinajstić information content (AvgIpc) is 2.13. The molecule has 0 unspecified atom stereocenters. The van der Waals surface area contributed by atoms with Crippen LogP contribution in [0.3, 0.4) is 0 Å². The number of aliphatic carboxylic acids is 1. The van der Waals surface area contributed by atoms with E-state index in [9.17, 15) is 9.59 Å². The van der Waals surface area contributed by atoms with E-state index in [1.165, 1.54) is 0 Å². The fourth-order valence-corrected chi connectivity index (χ4v) is 1.74. The Bertz CT molecular complexity index is 279. The predicted molar refractivity (Wildman–Crippen MR) is 72.3 cm³/mol. The zero-order chi connectivity index (χ0) is 14.3. The highest BCUT2D eigenvalue weighted by Gasteiger charge is 2.21. The van der Waals surface area contributed by atoms with Crippen LogP contribution >= 0.6 is 0 Å². The summed E-state index contributed by atoms with van der Waals surface area (Å²) in [4.78, 5) is 22.6. The van der Waals surface area contributed by atoms with Crippen molar-refractivity contribution in [3.05, 3.63) is 0 Å². The lowest BCUT2D eigenvalue weighted by Crippen LogP contribution is -2.41. The van der Waals surface area contributed by atoms with Crippen molar-refractivity contribution in [2.45, 2.75) is 66.3 Å². The summed E-state index contributed by atoms with van der Waals surface area (Å²) < 4.78 is 0. The molecule has 0 aliphatic heterocycles. The number of hydrogen-bond donors (Lipinski definition) is 2. The van der Waals surface area contributed by atoms with Crippen molar-refractivity contribution in [2.75, 3.05) is 0 Å². The molecule has 0 spiro atoms. The number of amides is 1. The van der Waals surface area contributed by atoms with E-state index in [1.54, 1.807) is 0 Å². The molecule has 106 valence electrons. The van der Waals surface area contributed by atoms with Gasteiger partial charge in [0.2, 0.25) is 5.91 Å². The van der Waals surface area contributed by atoms with E-state index in [-0.39, 0.29) is 17.2 Å². The molecule has 18 heavy (non-hydrogen) atoms. The molecule has 1 amide bonds. The topological polar surface area (TPSA) is 66.4 Å². The molecule has 0 rings (SSSR count). The van der Waals surface area contributed by atoms with Crippen LogP contribution in [0, 0.1) is 11.3 Å². The van der Waals surface area contributed by atoms with Gasteiger partial charge in [0.25, 0.3) is 0 Å². The zero-order valence-corrected chi connectivity index (χ0v) is 12.2. The van der Waals surface area contributed by atoms with Crippen molar-refractivity contribution in [3.63, 3.8) is 0 Å². The van der Waals surface area contributed by atoms with Crippen LogP contribution in [0.15, 0.2) is 0 Å². The minimum Gasteiger partial charge on any atom is -0.480 e. The SMILES string of the molecule is CC(C)C[C@H](NC(=O)CCCC(C)(C)C)C(=O)O. The van der Waals surface area contributed by atoms with Crippen molar-refractivity contribution in [1.29, 1.82) is 0 Å². The molecule has 0 aromatic rings. The van der Waals surface area contributed by atoms with Crippen molar-refractivity contribution < 1.29 is 14.7 Å². The van der Waals surface area contributed by atoms with Gasteiger partial charge in [-0.2, -0.15) is 0 Å². The number of nitrogens with one attached hydrogen (secondary N) is 1. The van der Waals surface area contributed by atoms with Gasteiger partial charge in [-0.15, -0.1) is 0 Å². The Hall–Kier alpha value is -1.06. The first kappa shape index (κ1) is 16.9. The lowest BCUT2D eigenvalue weighted by molar-refractivity contribution is -0.142. The molecule has 1 atom stereocenters. The highest BCUT2D eigenvalue weighted by atomic mass is 16.4. The Kier molecular flexibility index (Phi) is 6.96. The quantitative estimate of drug-likeness (QED) is 0.737. The van der Waals surface area contributed by atoms with Crippen LogP contribution in [0.5, 0.6) is 0 Å². The Balaban J connectivity index is 4.07. The lowest BCUT2D eigenvalue weighted by atomic mass is 9.90. The maximum Gasteiger partial charge on any atom is 0.326 e. The smallest absolute Gasteiger partial charge is 0.326 e. The zero-order valence-electron chi connectivity index (χ0n) is 12.2. The molecular formula is C14H27NO3. The third-order valence-electron chi connectivity index (χ3n) is 2.67. The largest absolute Gasteiger partial charge is 0.480 e. The Morgan fingerprint density at radius 2 is 1.78 bits per heavy atom. The maximum atomic E-state index is 11.7. The van der Waals surface area contributed by atoms with Gasteiger partial charge in [0, 0.05) is 6.42 Å². The molecule has 2 N–H and O–H groups in total. The van der Waals surface area contributed by atoms with E-state index in [0.717, 1.165) is 12.8 Å². The van der Waals surface area contributed by atoms with Crippen LogP contribution in [-0.2, 0) is 9.59 Å². The second-order valence-electron chi connectivity index (χ2n) is 6.50. The minimum atomic E-state index is -0.951. The second kappa shape index (κ2) is 7.39. The average molecular weight is 257 g/mol. The molecule has 4 heteroatoms. The number of carboxylic acid groups (broad SMARTS) is 1. The Morgan fingerprint density at radius 3 is 2.17 bits per heavy atom. The second-order valence-corrected chi connectivity index (χ2v) is 6.50. The van der Waals surface area contributed by atoms with Crippen LogP contribution in [0.1, 0.15) is 60.3 Å². The van der Waals surface area contributed by atoms with E-state index >= 15 is 0 Å². The van der Waals surface area contributed by atoms with Crippen molar-refractivity contribution in [3.8, 4) is 0 Å². The van der Waals surface area contributed by atoms with Crippen LogP contribution in [0.25, 0.3) is 0 Å². The maximum absolute atomic E-state index is 11.7. The van der Waals surface area contributed by atoms with Gasteiger partial charge in [0.05, 0.1) is 0 Å². The summed E-state index contributed by atoms with van der Waals surface area (Å²) in [5.41, 5.74) is 0.213. The van der Waals surface area contributed by atoms with Gasteiger partial charge >= 0.3 is 5.97 Å². The van der Waals surface area contributed by atoms with Crippen LogP contribution in [-0.4, -0.2) is 23.0 Å². The minimum absolute atomic E-state index is 0.160. The summed E-state index contributed by atoms with van der Waals surface area (Å²) in [6, 6.07) is -0.757. The summed E-state index contributed by atoms with van der Waals surface area (Å²) in [6.07, 6.45) is 2.63. The molecule has 0 aromatic carbocycles. The standard InChI is InChI=1S/C14H27NO3/c1-10(2)9-11(13(17)18)15-12(16)7-6-8-14(3,4)5/h10-11H,6-9H2,1-5H3,(H,15,16)(H,17,18)/t11-/m0/s1. The first-order chi connectivity index (χ1) is 8.11. The third kappa shape index (κ3) is 9.02. The molecule has 0 aromatic heterocycles. The van der Waals surface area contributed by atoms with Crippen molar-refractivity contribution >= 4 is 11.9 Å². The number of carbonyl (C=O) groups excluding carboxylic acids is 1. The predicted octanol–water partition coefficient (Wildman–Crippen LogP) is 2.82. The number of rotatable bonds is 7. The fourth-order valence-electron chi connectivity index (χ4n) is 1.74. The van der Waals surface area contributed by atoms with Gasteiger partial charge < -0.3 is 10.4 Å². The van der Waals surface area contributed by atoms with E-state index in [0.29, 0.717) is 12.8 Å². The molecular weight excluding hydrogens is 230 g/mol. The summed E-state index contributed by atoms with van der Waals surface area (Å²) >= 11 is 0. The van der Waals surface area contributed by atoms with Crippen LogP contribution < -0.4 is 5.32 Å². The summed E-state index contributed by atoms with van der Waals surface area (Å²) in [5.74, 6) is -0.860. The van der Waals surface area contributed by atoms with Gasteiger partial charge in [-0.3, -0.25) is 4.79 Å². The molecule has 0 heterocycles. The Morgan fingerprint density at radius 1 is 1.22 bits per heavy atom. The van der Waals surface area contributed by atoms with E-state index < -0.39 is 12.0 Å². The molecule has 0 aliphatic carbocycles. The van der Waals surface area contributed by atoms with Gasteiger partial charge in [0.15, 0.2) is 0 Å². The molecule has 4 nitrogen and oxygen atoms in total. The molecule has 0 aliphatic rings. The highest BCUT2D eigenvalue weighted by molar-refractivity contribution is 5.83. The van der Waals surface area contributed by atoms with Gasteiger partial charge in [0.1, 0.15) is 6.04 Å². The van der Waals surface area contributed by atoms with Crippen LogP contribution in [0.4, 0.5) is 0 Å². The number of carbonyl (C=O) groups is 2. The molecule has 0 saturated heterocycles. The summed E-state index contributed by atoms with van der Waals surface area (Å²) in [7, 11) is 0. The first-order valence-electron chi connectivity index (χ1n) is 6.64. The molecule has 0 radical (unpaired) electrons. The highest BCUT2D eigenvalue weighted by Crippen LogP contribution is 2.21. The van der Waals surface area contributed by atoms with Gasteiger partial charge in [-0.1, -0.05) is 34.6 Å². The third-order valence-corrected chi connectivity index (χ3v) is 2.67. The molecule has 0 saturated carbocycles. The Labute approximate surface area is 110 Å². The monoisotopic (exact) mass is 257 g/mol. The number of hydrogen-bond acceptors (Lipinski definition) is 2. The van der Waals surface area contributed by atoms with Crippen molar-refractivity contribution in [2.24, 2.45) is 11.3 Å². The van der Waals surface area contributed by atoms with Crippen molar-refractivity contribution in [1.82, 2.24) is 5.32 Å². The lowest BCUT2D eigenvalue weighted by Gasteiger charge is -2.19. The fraction of sp³-hybridized carbons (Fsp3) is 0.857. The first-order valence-corrected chi connectivity index (χ1v) is 6.64. The summed E-state index contributed by atoms with van der Waals surface area (Å²) in [6.45, 7) is 10.3. The molecule has 0 bridgehead atoms. The number of carboxylic acids is 1. The van der Waals surface area contributed by atoms with Gasteiger partial charge in [-0.05, 0) is 30.6 Å². The summed E-state index contributed by atoms with van der Waals surface area (Å²) in [5, 5.41) is 11.6. The van der Waals surface area contributed by atoms with E-state index in [4.69, 9.17) is 5.11 Å². The van der Waals surface area contributed by atoms with E-state index in [2.05, 4.69) is 26.1 Å². The van der Waals surface area contributed by atoms with Gasteiger partial charge in [-0.25, -0.2) is 4.79 Å². The normalized spacial score (nSPS) is 13.4. The molecule has 0 fully saturated rings.